The third kappa shape index (κ3) is 5.14. The zero-order chi connectivity index (χ0) is 21.6. The molecule has 2 aromatic rings. The largest absolute Gasteiger partial charge is 0.378 e. The quantitative estimate of drug-likeness (QED) is 0.575. The lowest BCUT2D eigenvalue weighted by molar-refractivity contribution is -0.384. The molecule has 0 atom stereocenters. The smallest absolute Gasteiger partial charge is 0.270 e. The molecule has 1 N–H and O–H groups in total. The predicted octanol–water partition coefficient (Wildman–Crippen LogP) is 4.06. The number of carbonyl (C=O) groups is 1. The molecule has 8 nitrogen and oxygen atoms in total. The first-order valence-electron chi connectivity index (χ1n) is 10.9. The molecule has 4 rings (SSSR count). The lowest BCUT2D eigenvalue weighted by atomic mass is 10.1. The predicted molar refractivity (Wildman–Crippen MR) is 121 cm³/mol. The summed E-state index contributed by atoms with van der Waals surface area (Å²) in [5.74, 6) is -0.354. The normalized spacial score (nSPS) is 17.2. The van der Waals surface area contributed by atoms with E-state index in [1.165, 1.54) is 37.8 Å². The number of hydrogen-bond donors (Lipinski definition) is 1. The van der Waals surface area contributed by atoms with Gasteiger partial charge in [0, 0.05) is 49.7 Å². The maximum atomic E-state index is 13.1. The number of nitrogens with one attached hydrogen (secondary N) is 1. The average Bonchev–Trinajstić information content (AvgIpc) is 3.09. The summed E-state index contributed by atoms with van der Waals surface area (Å²) in [7, 11) is 0. The number of anilines is 3. The Morgan fingerprint density at radius 1 is 0.903 bits per heavy atom. The Kier molecular flexibility index (Phi) is 6.66. The highest BCUT2D eigenvalue weighted by molar-refractivity contribution is 6.08. The van der Waals surface area contributed by atoms with Crippen molar-refractivity contribution in [2.24, 2.45) is 0 Å². The van der Waals surface area contributed by atoms with E-state index in [4.69, 9.17) is 4.74 Å². The number of nitrogens with zero attached hydrogens (tertiary/aromatic N) is 3. The van der Waals surface area contributed by atoms with E-state index in [0.29, 0.717) is 43.2 Å². The summed E-state index contributed by atoms with van der Waals surface area (Å²) >= 11 is 0. The highest BCUT2D eigenvalue weighted by Crippen LogP contribution is 2.28. The Morgan fingerprint density at radius 2 is 1.58 bits per heavy atom. The van der Waals surface area contributed by atoms with Crippen molar-refractivity contribution >= 4 is 28.7 Å². The van der Waals surface area contributed by atoms with Crippen LogP contribution in [0.2, 0.25) is 0 Å². The van der Waals surface area contributed by atoms with Crippen LogP contribution in [0, 0.1) is 10.1 Å². The maximum absolute atomic E-state index is 13.1. The monoisotopic (exact) mass is 424 g/mol. The summed E-state index contributed by atoms with van der Waals surface area (Å²) in [6, 6.07) is 12.3. The Morgan fingerprint density at radius 3 is 2.23 bits per heavy atom. The van der Waals surface area contributed by atoms with Gasteiger partial charge in [-0.3, -0.25) is 14.9 Å². The molecule has 1 amide bonds. The van der Waals surface area contributed by atoms with Gasteiger partial charge < -0.3 is 19.9 Å². The fraction of sp³-hybridized carbons (Fsp3) is 0.435. The summed E-state index contributed by atoms with van der Waals surface area (Å²) in [4.78, 5) is 28.3. The van der Waals surface area contributed by atoms with E-state index < -0.39 is 4.92 Å². The minimum Gasteiger partial charge on any atom is -0.378 e. The number of amides is 1. The van der Waals surface area contributed by atoms with Crippen LogP contribution >= 0.6 is 0 Å². The molecule has 31 heavy (non-hydrogen) atoms. The van der Waals surface area contributed by atoms with Gasteiger partial charge in [0.25, 0.3) is 11.6 Å². The van der Waals surface area contributed by atoms with Gasteiger partial charge in [-0.2, -0.15) is 0 Å². The van der Waals surface area contributed by atoms with E-state index in [0.717, 1.165) is 18.8 Å². The van der Waals surface area contributed by atoms with Crippen LogP contribution in [0.1, 0.15) is 36.0 Å². The van der Waals surface area contributed by atoms with Crippen LogP contribution < -0.4 is 15.1 Å². The summed E-state index contributed by atoms with van der Waals surface area (Å²) in [6.07, 6.45) is 4.96. The molecule has 0 spiro atoms. The molecule has 2 aliphatic heterocycles. The number of nitro groups is 1. The summed E-state index contributed by atoms with van der Waals surface area (Å²) < 4.78 is 5.39. The number of nitro benzene ring substituents is 1. The molecule has 2 fully saturated rings. The van der Waals surface area contributed by atoms with Gasteiger partial charge in [0.1, 0.15) is 0 Å². The van der Waals surface area contributed by atoms with Gasteiger partial charge in [-0.1, -0.05) is 12.8 Å². The molecule has 0 saturated carbocycles. The molecule has 0 aromatic heterocycles. The topological polar surface area (TPSA) is 88.0 Å². The fourth-order valence-electron chi connectivity index (χ4n) is 4.18. The van der Waals surface area contributed by atoms with Crippen molar-refractivity contribution in [3.05, 3.63) is 58.1 Å². The lowest BCUT2D eigenvalue weighted by Gasteiger charge is -2.30. The van der Waals surface area contributed by atoms with E-state index in [2.05, 4.69) is 10.2 Å². The van der Waals surface area contributed by atoms with Crippen molar-refractivity contribution in [1.82, 2.24) is 0 Å². The number of morpholine rings is 1. The standard InChI is InChI=1S/C23H28N4O4/c28-23(24-18-5-7-19(8-6-18)25-11-3-1-2-4-12-25)21-17-20(27(29)30)9-10-22(21)26-13-15-31-16-14-26/h5-10,17H,1-4,11-16H2,(H,24,28). The van der Waals surface area contributed by atoms with Crippen LogP contribution in [0.4, 0.5) is 22.7 Å². The van der Waals surface area contributed by atoms with E-state index in [1.807, 2.05) is 29.2 Å². The van der Waals surface area contributed by atoms with Crippen LogP contribution in [-0.4, -0.2) is 50.2 Å². The van der Waals surface area contributed by atoms with Crippen molar-refractivity contribution < 1.29 is 14.5 Å². The Bertz CT molecular complexity index is 918. The second-order valence-corrected chi connectivity index (χ2v) is 7.96. The second kappa shape index (κ2) is 9.78. The van der Waals surface area contributed by atoms with Crippen molar-refractivity contribution in [3.8, 4) is 0 Å². The van der Waals surface area contributed by atoms with Crippen molar-refractivity contribution in [3.63, 3.8) is 0 Å². The number of hydrogen-bond acceptors (Lipinski definition) is 6. The van der Waals surface area contributed by atoms with Gasteiger partial charge in [-0.15, -0.1) is 0 Å². The Labute approximate surface area is 181 Å². The van der Waals surface area contributed by atoms with Crippen LogP contribution in [0.3, 0.4) is 0 Å². The van der Waals surface area contributed by atoms with Crippen molar-refractivity contribution in [2.45, 2.75) is 25.7 Å². The van der Waals surface area contributed by atoms with Crippen LogP contribution in [0.5, 0.6) is 0 Å². The Balaban J connectivity index is 1.53. The molecule has 2 aromatic carbocycles. The molecule has 2 aliphatic rings. The molecule has 0 bridgehead atoms. The minimum atomic E-state index is -0.476. The maximum Gasteiger partial charge on any atom is 0.270 e. The molecule has 8 heteroatoms. The summed E-state index contributed by atoms with van der Waals surface area (Å²) in [6.45, 7) is 4.53. The Hall–Kier alpha value is -3.13. The fourth-order valence-corrected chi connectivity index (χ4v) is 4.18. The first kappa shape index (κ1) is 21.1. The van der Waals surface area contributed by atoms with E-state index in [1.54, 1.807) is 6.07 Å². The van der Waals surface area contributed by atoms with Gasteiger partial charge in [-0.05, 0) is 43.2 Å². The highest BCUT2D eigenvalue weighted by atomic mass is 16.6. The van der Waals surface area contributed by atoms with Crippen LogP contribution in [-0.2, 0) is 4.74 Å². The van der Waals surface area contributed by atoms with Gasteiger partial charge in [-0.25, -0.2) is 0 Å². The number of non-ortho nitro benzene ring substituents is 1. The summed E-state index contributed by atoms with van der Waals surface area (Å²) in [5, 5.41) is 14.2. The third-order valence-corrected chi connectivity index (χ3v) is 5.88. The molecular weight excluding hydrogens is 396 g/mol. The molecule has 0 radical (unpaired) electrons. The van der Waals surface area contributed by atoms with Gasteiger partial charge in [0.15, 0.2) is 0 Å². The van der Waals surface area contributed by atoms with Gasteiger partial charge >= 0.3 is 0 Å². The first-order valence-corrected chi connectivity index (χ1v) is 10.9. The molecule has 164 valence electrons. The average molecular weight is 425 g/mol. The lowest BCUT2D eigenvalue weighted by Crippen LogP contribution is -2.37. The second-order valence-electron chi connectivity index (χ2n) is 7.96. The number of ether oxygens (including phenoxy) is 1. The van der Waals surface area contributed by atoms with Crippen LogP contribution in [0.25, 0.3) is 0 Å². The zero-order valence-electron chi connectivity index (χ0n) is 17.6. The molecule has 2 heterocycles. The first-order chi connectivity index (χ1) is 15.1. The molecular formula is C23H28N4O4. The minimum absolute atomic E-state index is 0.0985. The molecule has 0 aliphatic carbocycles. The molecule has 2 saturated heterocycles. The highest BCUT2D eigenvalue weighted by Gasteiger charge is 2.22. The number of carbonyl (C=O) groups excluding carboxylic acids is 1. The van der Waals surface area contributed by atoms with Crippen molar-refractivity contribution in [2.75, 3.05) is 54.5 Å². The van der Waals surface area contributed by atoms with E-state index >= 15 is 0 Å². The SMILES string of the molecule is O=C(Nc1ccc(N2CCCCCC2)cc1)c1cc([N+](=O)[O-])ccc1N1CCOCC1. The van der Waals surface area contributed by atoms with E-state index in [-0.39, 0.29) is 11.6 Å². The third-order valence-electron chi connectivity index (χ3n) is 5.88. The van der Waals surface area contributed by atoms with Gasteiger partial charge in [0.05, 0.1) is 29.4 Å². The summed E-state index contributed by atoms with van der Waals surface area (Å²) in [5.41, 5.74) is 2.71. The molecule has 0 unspecified atom stereocenters. The van der Waals surface area contributed by atoms with Gasteiger partial charge in [0.2, 0.25) is 0 Å². The van der Waals surface area contributed by atoms with Crippen molar-refractivity contribution in [1.29, 1.82) is 0 Å². The number of rotatable bonds is 5. The van der Waals surface area contributed by atoms with E-state index in [9.17, 15) is 14.9 Å². The van der Waals surface area contributed by atoms with Crippen LogP contribution in [0.15, 0.2) is 42.5 Å². The zero-order valence-corrected chi connectivity index (χ0v) is 17.6. The number of benzene rings is 2.